The molecule has 1 fully saturated rings. The molecule has 2 aromatic rings. The topological polar surface area (TPSA) is 69.7 Å². The molecule has 0 radical (unpaired) electrons. The second-order valence-electron chi connectivity index (χ2n) is 6.59. The fourth-order valence-electron chi connectivity index (χ4n) is 3.11. The van der Waals surface area contributed by atoms with Crippen molar-refractivity contribution >= 4 is 27.3 Å². The number of nitrogens with one attached hydrogen (secondary N) is 1. The van der Waals surface area contributed by atoms with E-state index in [1.165, 1.54) is 13.1 Å². The maximum absolute atomic E-state index is 14.3. The minimum absolute atomic E-state index is 0.0435. The zero-order chi connectivity index (χ0) is 20.3. The summed E-state index contributed by atoms with van der Waals surface area (Å²) in [5, 5.41) is 2.50. The lowest BCUT2D eigenvalue weighted by Gasteiger charge is -2.23. The second kappa shape index (κ2) is 8.24. The monoisotopic (exact) mass is 409 g/mol. The number of likely N-dealkylation sites (N-methyl/N-ethyl adjacent to an activating group) is 1. The molecule has 1 aliphatic heterocycles. The van der Waals surface area contributed by atoms with Crippen LogP contribution in [0.3, 0.4) is 0 Å². The normalized spacial score (nSPS) is 14.5. The summed E-state index contributed by atoms with van der Waals surface area (Å²) in [6.07, 6.45) is 1.98. The highest BCUT2D eigenvalue weighted by molar-refractivity contribution is 7.89. The molecule has 6 nitrogen and oxygen atoms in total. The van der Waals surface area contributed by atoms with Gasteiger partial charge in [0.25, 0.3) is 0 Å². The third-order valence-electron chi connectivity index (χ3n) is 4.59. The Hall–Kier alpha value is -2.52. The van der Waals surface area contributed by atoms with Crippen LogP contribution in [0.15, 0.2) is 47.4 Å². The van der Waals surface area contributed by atoms with Gasteiger partial charge in [-0.25, -0.2) is 17.2 Å². The number of sulfonamides is 1. The molecule has 28 heavy (non-hydrogen) atoms. The van der Waals surface area contributed by atoms with E-state index in [-0.39, 0.29) is 10.6 Å². The van der Waals surface area contributed by atoms with Gasteiger partial charge in [0.2, 0.25) is 15.9 Å². The first-order chi connectivity index (χ1) is 13.3. The lowest BCUT2D eigenvalue weighted by molar-refractivity contribution is -0.116. The standard InChI is InChI=1S/C19H21F2N3O3S/c1-23(28(26,27)15-9-7-14(20)8-10-15)13-18(25)22-19-16(21)5-4-6-17(19)24-11-2-3-12-24/h4-10H,2-3,11-13H2,1H3,(H,22,25). The third kappa shape index (κ3) is 4.31. The summed E-state index contributed by atoms with van der Waals surface area (Å²) in [6.45, 7) is 1.03. The molecule has 0 spiro atoms. The first-order valence-corrected chi connectivity index (χ1v) is 10.3. The largest absolute Gasteiger partial charge is 0.370 e. The van der Waals surface area contributed by atoms with Crippen LogP contribution in [0.4, 0.5) is 20.2 Å². The number of hydrogen-bond acceptors (Lipinski definition) is 4. The van der Waals surface area contributed by atoms with Crippen LogP contribution in [0.1, 0.15) is 12.8 Å². The molecule has 0 aromatic heterocycles. The van der Waals surface area contributed by atoms with Gasteiger partial charge >= 0.3 is 0 Å². The van der Waals surface area contributed by atoms with Crippen molar-refractivity contribution in [2.24, 2.45) is 0 Å². The third-order valence-corrected chi connectivity index (χ3v) is 6.41. The molecular weight excluding hydrogens is 388 g/mol. The SMILES string of the molecule is CN(CC(=O)Nc1c(F)cccc1N1CCCC1)S(=O)(=O)c1ccc(F)cc1. The van der Waals surface area contributed by atoms with Crippen LogP contribution in [0.5, 0.6) is 0 Å². The van der Waals surface area contributed by atoms with Gasteiger partial charge in [0.05, 0.1) is 17.1 Å². The van der Waals surface area contributed by atoms with E-state index in [4.69, 9.17) is 0 Å². The van der Waals surface area contributed by atoms with Crippen LogP contribution in [-0.4, -0.2) is 45.3 Å². The number of benzene rings is 2. The summed E-state index contributed by atoms with van der Waals surface area (Å²) < 4.78 is 53.2. The summed E-state index contributed by atoms with van der Waals surface area (Å²) in [6, 6.07) is 8.86. The Balaban J connectivity index is 1.74. The minimum atomic E-state index is -3.98. The predicted octanol–water partition coefficient (Wildman–Crippen LogP) is 2.82. The molecule has 150 valence electrons. The first-order valence-electron chi connectivity index (χ1n) is 8.84. The molecule has 2 aromatic carbocycles. The molecule has 0 saturated carbocycles. The van der Waals surface area contributed by atoms with E-state index in [2.05, 4.69) is 5.32 Å². The molecule has 3 rings (SSSR count). The predicted molar refractivity (Wildman–Crippen MR) is 103 cm³/mol. The number of anilines is 2. The number of amides is 1. The van der Waals surface area contributed by atoms with Crippen molar-refractivity contribution in [3.63, 3.8) is 0 Å². The fourth-order valence-corrected chi connectivity index (χ4v) is 4.24. The Bertz CT molecular complexity index is 959. The van der Waals surface area contributed by atoms with E-state index in [0.29, 0.717) is 5.69 Å². The van der Waals surface area contributed by atoms with Gasteiger partial charge in [-0.2, -0.15) is 4.31 Å². The molecule has 0 unspecified atom stereocenters. The number of hydrogen-bond donors (Lipinski definition) is 1. The number of para-hydroxylation sites is 1. The van der Waals surface area contributed by atoms with Gasteiger partial charge in [0.1, 0.15) is 17.3 Å². The Morgan fingerprint density at radius 3 is 2.39 bits per heavy atom. The van der Waals surface area contributed by atoms with Gasteiger partial charge in [-0.1, -0.05) is 6.07 Å². The molecule has 1 aliphatic rings. The van der Waals surface area contributed by atoms with E-state index >= 15 is 0 Å². The number of carbonyl (C=O) groups is 1. The lowest BCUT2D eigenvalue weighted by Crippen LogP contribution is -2.35. The number of rotatable bonds is 6. The zero-order valence-corrected chi connectivity index (χ0v) is 16.2. The highest BCUT2D eigenvalue weighted by Gasteiger charge is 2.25. The molecular formula is C19H21F2N3O3S. The minimum Gasteiger partial charge on any atom is -0.370 e. The summed E-state index contributed by atoms with van der Waals surface area (Å²) in [5.74, 6) is -1.81. The van der Waals surface area contributed by atoms with Crippen LogP contribution >= 0.6 is 0 Å². The Labute approximate surface area is 162 Å². The van der Waals surface area contributed by atoms with Crippen LogP contribution < -0.4 is 10.2 Å². The highest BCUT2D eigenvalue weighted by atomic mass is 32.2. The average Bonchev–Trinajstić information content (AvgIpc) is 3.18. The molecule has 1 N–H and O–H groups in total. The molecule has 1 amide bonds. The molecule has 0 atom stereocenters. The lowest BCUT2D eigenvalue weighted by atomic mass is 10.2. The van der Waals surface area contributed by atoms with E-state index in [0.717, 1.165) is 54.5 Å². The van der Waals surface area contributed by atoms with Gasteiger partial charge in [0, 0.05) is 20.1 Å². The second-order valence-corrected chi connectivity index (χ2v) is 8.64. The number of carbonyl (C=O) groups excluding carboxylic acids is 1. The van der Waals surface area contributed by atoms with Gasteiger partial charge < -0.3 is 10.2 Å². The Morgan fingerprint density at radius 2 is 1.75 bits per heavy atom. The Kier molecular flexibility index (Phi) is 5.95. The Morgan fingerprint density at radius 1 is 1.11 bits per heavy atom. The first kappa shape index (κ1) is 20.2. The maximum Gasteiger partial charge on any atom is 0.243 e. The number of nitrogens with zero attached hydrogens (tertiary/aromatic N) is 2. The molecule has 1 saturated heterocycles. The van der Waals surface area contributed by atoms with Crippen molar-refractivity contribution in [3.05, 3.63) is 54.1 Å². The quantitative estimate of drug-likeness (QED) is 0.797. The van der Waals surface area contributed by atoms with Crippen molar-refractivity contribution in [2.45, 2.75) is 17.7 Å². The van der Waals surface area contributed by atoms with Crippen molar-refractivity contribution < 1.29 is 22.0 Å². The van der Waals surface area contributed by atoms with E-state index < -0.39 is 34.1 Å². The maximum atomic E-state index is 14.3. The van der Waals surface area contributed by atoms with Gasteiger partial charge in [-0.05, 0) is 49.2 Å². The zero-order valence-electron chi connectivity index (χ0n) is 15.4. The summed E-state index contributed by atoms with van der Waals surface area (Å²) in [5.41, 5.74) is 0.622. The van der Waals surface area contributed by atoms with Gasteiger partial charge in [-0.3, -0.25) is 4.79 Å². The highest BCUT2D eigenvalue weighted by Crippen LogP contribution is 2.31. The molecule has 0 bridgehead atoms. The molecule has 9 heteroatoms. The van der Waals surface area contributed by atoms with Crippen molar-refractivity contribution in [2.75, 3.05) is 36.9 Å². The molecule has 1 heterocycles. The van der Waals surface area contributed by atoms with Crippen LogP contribution in [0.2, 0.25) is 0 Å². The summed E-state index contributed by atoms with van der Waals surface area (Å²) in [4.78, 5) is 14.3. The smallest absolute Gasteiger partial charge is 0.243 e. The van der Waals surface area contributed by atoms with Crippen LogP contribution in [0.25, 0.3) is 0 Å². The van der Waals surface area contributed by atoms with E-state index in [1.807, 2.05) is 4.90 Å². The van der Waals surface area contributed by atoms with Crippen LogP contribution in [0, 0.1) is 11.6 Å². The average molecular weight is 409 g/mol. The molecule has 0 aliphatic carbocycles. The number of halogens is 2. The van der Waals surface area contributed by atoms with Crippen LogP contribution in [-0.2, 0) is 14.8 Å². The van der Waals surface area contributed by atoms with Crippen molar-refractivity contribution in [1.29, 1.82) is 0 Å². The van der Waals surface area contributed by atoms with Crippen molar-refractivity contribution in [1.82, 2.24) is 4.31 Å². The van der Waals surface area contributed by atoms with Gasteiger partial charge in [-0.15, -0.1) is 0 Å². The van der Waals surface area contributed by atoms with Gasteiger partial charge in [0.15, 0.2) is 0 Å². The summed E-state index contributed by atoms with van der Waals surface area (Å²) in [7, 11) is -2.74. The fraction of sp³-hybridized carbons (Fsp3) is 0.316. The van der Waals surface area contributed by atoms with E-state index in [1.54, 1.807) is 12.1 Å². The summed E-state index contributed by atoms with van der Waals surface area (Å²) >= 11 is 0. The van der Waals surface area contributed by atoms with Crippen molar-refractivity contribution in [3.8, 4) is 0 Å². The van der Waals surface area contributed by atoms with E-state index in [9.17, 15) is 22.0 Å².